The molecule has 0 N–H and O–H groups in total. The Morgan fingerprint density at radius 1 is 1.53 bits per heavy atom. The van der Waals surface area contributed by atoms with Crippen LogP contribution < -0.4 is 0 Å². The Morgan fingerprint density at radius 2 is 2.29 bits per heavy atom. The third-order valence-electron chi connectivity index (χ3n) is 3.20. The second-order valence-corrected chi connectivity index (χ2v) is 5.40. The molecule has 17 heavy (non-hydrogen) atoms. The highest BCUT2D eigenvalue weighted by molar-refractivity contribution is 9.10. The van der Waals surface area contributed by atoms with Crippen molar-refractivity contribution in [2.24, 2.45) is 0 Å². The smallest absolute Gasteiger partial charge is 0.289 e. The fourth-order valence-corrected chi connectivity index (χ4v) is 2.45. The highest BCUT2D eigenvalue weighted by Gasteiger charge is 2.26. The van der Waals surface area contributed by atoms with Crippen LogP contribution in [0.1, 0.15) is 23.4 Å². The van der Waals surface area contributed by atoms with E-state index >= 15 is 0 Å². The second kappa shape index (κ2) is 5.23. The van der Waals surface area contributed by atoms with Crippen LogP contribution in [0.2, 0.25) is 0 Å². The molecule has 0 spiro atoms. The fourth-order valence-electron chi connectivity index (χ4n) is 2.15. The summed E-state index contributed by atoms with van der Waals surface area (Å²) in [6, 6.07) is 3.91. The normalized spacial score (nSPS) is 20.9. The SMILES string of the molecule is CN(C)C1CCCN(C(=O)c2ccc(Br)o2)C1. The topological polar surface area (TPSA) is 36.7 Å². The van der Waals surface area contributed by atoms with Gasteiger partial charge >= 0.3 is 0 Å². The lowest BCUT2D eigenvalue weighted by Gasteiger charge is -2.35. The van der Waals surface area contributed by atoms with Gasteiger partial charge in [-0.15, -0.1) is 0 Å². The summed E-state index contributed by atoms with van der Waals surface area (Å²) in [5.74, 6) is 0.401. The minimum Gasteiger partial charge on any atom is -0.444 e. The van der Waals surface area contributed by atoms with E-state index in [1.54, 1.807) is 12.1 Å². The van der Waals surface area contributed by atoms with E-state index < -0.39 is 0 Å². The Bertz CT molecular complexity index is 403. The van der Waals surface area contributed by atoms with Crippen molar-refractivity contribution in [3.63, 3.8) is 0 Å². The first-order valence-electron chi connectivity index (χ1n) is 5.79. The van der Waals surface area contributed by atoms with E-state index in [0.29, 0.717) is 16.5 Å². The number of halogens is 1. The molecule has 0 bridgehead atoms. The Balaban J connectivity index is 2.04. The lowest BCUT2D eigenvalue weighted by atomic mass is 10.0. The zero-order valence-electron chi connectivity index (χ0n) is 10.1. The fraction of sp³-hybridized carbons (Fsp3) is 0.583. The minimum atomic E-state index is -0.0118. The van der Waals surface area contributed by atoms with Crippen molar-refractivity contribution in [1.82, 2.24) is 9.80 Å². The van der Waals surface area contributed by atoms with E-state index in [2.05, 4.69) is 34.9 Å². The summed E-state index contributed by atoms with van der Waals surface area (Å²) in [4.78, 5) is 16.2. The summed E-state index contributed by atoms with van der Waals surface area (Å²) in [7, 11) is 4.12. The van der Waals surface area contributed by atoms with E-state index in [4.69, 9.17) is 4.42 Å². The lowest BCUT2D eigenvalue weighted by molar-refractivity contribution is 0.0603. The van der Waals surface area contributed by atoms with Crippen molar-refractivity contribution in [2.75, 3.05) is 27.2 Å². The zero-order valence-corrected chi connectivity index (χ0v) is 11.7. The van der Waals surface area contributed by atoms with Crippen LogP contribution in [0.15, 0.2) is 21.2 Å². The molecule has 1 saturated heterocycles. The molecule has 1 aromatic heterocycles. The number of nitrogens with zero attached hydrogens (tertiary/aromatic N) is 2. The average molecular weight is 301 g/mol. The van der Waals surface area contributed by atoms with E-state index in [-0.39, 0.29) is 5.91 Å². The zero-order chi connectivity index (χ0) is 12.4. The molecule has 0 radical (unpaired) electrons. The van der Waals surface area contributed by atoms with Crippen LogP contribution in [0.5, 0.6) is 0 Å². The molecular formula is C12H17BrN2O2. The van der Waals surface area contributed by atoms with Crippen LogP contribution in [-0.2, 0) is 0 Å². The van der Waals surface area contributed by atoms with Crippen molar-refractivity contribution in [3.8, 4) is 0 Å². The third-order valence-corrected chi connectivity index (χ3v) is 3.62. The highest BCUT2D eigenvalue weighted by atomic mass is 79.9. The molecule has 1 aromatic rings. The Morgan fingerprint density at radius 3 is 2.88 bits per heavy atom. The molecule has 0 aromatic carbocycles. The number of furan rings is 1. The van der Waals surface area contributed by atoms with Gasteiger partial charge in [0.2, 0.25) is 0 Å². The number of carbonyl (C=O) groups excluding carboxylic acids is 1. The molecule has 1 atom stereocenters. The van der Waals surface area contributed by atoms with E-state index in [0.717, 1.165) is 25.9 Å². The monoisotopic (exact) mass is 300 g/mol. The van der Waals surface area contributed by atoms with Gasteiger partial charge in [-0.25, -0.2) is 0 Å². The van der Waals surface area contributed by atoms with Gasteiger partial charge < -0.3 is 14.2 Å². The van der Waals surface area contributed by atoms with Crippen molar-refractivity contribution < 1.29 is 9.21 Å². The first-order chi connectivity index (χ1) is 8.08. The van der Waals surface area contributed by atoms with Gasteiger partial charge in [0.1, 0.15) is 0 Å². The van der Waals surface area contributed by atoms with Crippen LogP contribution in [0.4, 0.5) is 0 Å². The number of likely N-dealkylation sites (tertiary alicyclic amines) is 1. The maximum atomic E-state index is 12.2. The van der Waals surface area contributed by atoms with Crippen molar-refractivity contribution in [1.29, 1.82) is 0 Å². The maximum Gasteiger partial charge on any atom is 0.289 e. The summed E-state index contributed by atoms with van der Waals surface area (Å²) in [5.41, 5.74) is 0. The lowest BCUT2D eigenvalue weighted by Crippen LogP contribution is -2.47. The van der Waals surface area contributed by atoms with Crippen LogP contribution >= 0.6 is 15.9 Å². The predicted octanol–water partition coefficient (Wildman–Crippen LogP) is 2.21. The molecule has 0 aliphatic carbocycles. The van der Waals surface area contributed by atoms with Crippen molar-refractivity contribution in [3.05, 3.63) is 22.6 Å². The van der Waals surface area contributed by atoms with Gasteiger partial charge in [-0.3, -0.25) is 4.79 Å². The predicted molar refractivity (Wildman–Crippen MR) is 69.0 cm³/mol. The Labute approximate surface area is 110 Å². The molecule has 1 unspecified atom stereocenters. The van der Waals surface area contributed by atoms with E-state index in [1.807, 2.05) is 4.90 Å². The third kappa shape index (κ3) is 2.90. The number of piperidine rings is 1. The van der Waals surface area contributed by atoms with Gasteiger partial charge in [-0.05, 0) is 55.0 Å². The molecule has 4 nitrogen and oxygen atoms in total. The molecular weight excluding hydrogens is 284 g/mol. The molecule has 1 aliphatic heterocycles. The number of carbonyl (C=O) groups is 1. The van der Waals surface area contributed by atoms with Crippen molar-refractivity contribution >= 4 is 21.8 Å². The number of likely N-dealkylation sites (N-methyl/N-ethyl adjacent to an activating group) is 1. The molecule has 2 heterocycles. The summed E-state index contributed by atoms with van der Waals surface area (Å²) in [5, 5.41) is 0. The van der Waals surface area contributed by atoms with E-state index in [9.17, 15) is 4.79 Å². The first-order valence-corrected chi connectivity index (χ1v) is 6.58. The summed E-state index contributed by atoms with van der Waals surface area (Å²) in [6.07, 6.45) is 2.20. The number of hydrogen-bond acceptors (Lipinski definition) is 3. The summed E-state index contributed by atoms with van der Waals surface area (Å²) < 4.78 is 5.91. The second-order valence-electron chi connectivity index (χ2n) is 4.61. The maximum absolute atomic E-state index is 12.2. The minimum absolute atomic E-state index is 0.0118. The van der Waals surface area contributed by atoms with Crippen LogP contribution in [-0.4, -0.2) is 48.9 Å². The Kier molecular flexibility index (Phi) is 3.89. The molecule has 1 amide bonds. The van der Waals surface area contributed by atoms with Gasteiger partial charge in [0.05, 0.1) is 0 Å². The van der Waals surface area contributed by atoms with Crippen molar-refractivity contribution in [2.45, 2.75) is 18.9 Å². The highest BCUT2D eigenvalue weighted by Crippen LogP contribution is 2.19. The molecule has 94 valence electrons. The largest absolute Gasteiger partial charge is 0.444 e. The van der Waals surface area contributed by atoms with Gasteiger partial charge in [-0.2, -0.15) is 0 Å². The van der Waals surface area contributed by atoms with Gasteiger partial charge in [0, 0.05) is 19.1 Å². The standard InChI is InChI=1S/C12H17BrN2O2/c1-14(2)9-4-3-7-15(8-9)12(16)10-5-6-11(13)17-10/h5-6,9H,3-4,7-8H2,1-2H3. The Hall–Kier alpha value is -0.810. The molecule has 1 aliphatic rings. The summed E-state index contributed by atoms with van der Waals surface area (Å²) >= 11 is 3.21. The van der Waals surface area contributed by atoms with Crippen LogP contribution in [0.25, 0.3) is 0 Å². The number of rotatable bonds is 2. The quantitative estimate of drug-likeness (QED) is 0.840. The molecule has 1 fully saturated rings. The summed E-state index contributed by atoms with van der Waals surface area (Å²) in [6.45, 7) is 1.60. The first kappa shape index (κ1) is 12.6. The van der Waals surface area contributed by atoms with Gasteiger partial charge in [0.15, 0.2) is 10.4 Å². The average Bonchev–Trinajstić information content (AvgIpc) is 2.75. The van der Waals surface area contributed by atoms with Gasteiger partial charge in [-0.1, -0.05) is 0 Å². The van der Waals surface area contributed by atoms with E-state index in [1.165, 1.54) is 0 Å². The van der Waals surface area contributed by atoms with Gasteiger partial charge in [0.25, 0.3) is 5.91 Å². The molecule has 0 saturated carbocycles. The number of amides is 1. The molecule has 5 heteroatoms. The van der Waals surface area contributed by atoms with Crippen LogP contribution in [0, 0.1) is 0 Å². The molecule has 2 rings (SSSR count). The van der Waals surface area contributed by atoms with Crippen LogP contribution in [0.3, 0.4) is 0 Å². The number of hydrogen-bond donors (Lipinski definition) is 0.